The van der Waals surface area contributed by atoms with Crippen LogP contribution in [0.1, 0.15) is 38.3 Å². The van der Waals surface area contributed by atoms with E-state index in [-0.39, 0.29) is 0 Å². The van der Waals surface area contributed by atoms with Crippen LogP contribution in [0.25, 0.3) is 6.08 Å². The van der Waals surface area contributed by atoms with E-state index in [4.69, 9.17) is 9.47 Å². The maximum Gasteiger partial charge on any atom is 0.137 e. The van der Waals surface area contributed by atoms with Gasteiger partial charge in [-0.05, 0) is 43.4 Å². The van der Waals surface area contributed by atoms with Gasteiger partial charge in [0.15, 0.2) is 0 Å². The van der Waals surface area contributed by atoms with Crippen molar-refractivity contribution < 1.29 is 9.47 Å². The van der Waals surface area contributed by atoms with Gasteiger partial charge in [0.2, 0.25) is 0 Å². The van der Waals surface area contributed by atoms with Crippen LogP contribution >= 0.6 is 0 Å². The second kappa shape index (κ2) is 7.95. The number of rotatable bonds is 6. The number of unbranched alkanes of at least 4 members (excludes halogenated alkanes) is 1. The second-order valence-electron chi connectivity index (χ2n) is 4.93. The van der Waals surface area contributed by atoms with E-state index in [9.17, 15) is 0 Å². The van der Waals surface area contributed by atoms with Crippen LogP contribution < -0.4 is 4.74 Å². The molecule has 0 aromatic carbocycles. The molecule has 0 radical (unpaired) electrons. The van der Waals surface area contributed by atoms with E-state index in [2.05, 4.69) is 24.1 Å². The van der Waals surface area contributed by atoms with Crippen LogP contribution in [-0.4, -0.2) is 24.8 Å². The third kappa shape index (κ3) is 5.03. The van der Waals surface area contributed by atoms with Gasteiger partial charge < -0.3 is 9.47 Å². The summed E-state index contributed by atoms with van der Waals surface area (Å²) < 4.78 is 10.9. The number of hydrogen-bond donors (Lipinski definition) is 0. The molecule has 1 aliphatic heterocycles. The fraction of sp³-hybridized carbons (Fsp3) is 0.562. The van der Waals surface area contributed by atoms with E-state index in [0.29, 0.717) is 5.92 Å². The van der Waals surface area contributed by atoms with Crippen LogP contribution in [0.5, 0.6) is 5.75 Å². The molecule has 3 nitrogen and oxygen atoms in total. The Morgan fingerprint density at radius 3 is 2.89 bits per heavy atom. The Balaban J connectivity index is 1.82. The topological polar surface area (TPSA) is 31.4 Å². The summed E-state index contributed by atoms with van der Waals surface area (Å²) in [7, 11) is 0. The zero-order valence-corrected chi connectivity index (χ0v) is 11.7. The van der Waals surface area contributed by atoms with Crippen molar-refractivity contribution in [2.24, 2.45) is 5.92 Å². The first kappa shape index (κ1) is 14.1. The molecule has 104 valence electrons. The molecule has 1 aromatic heterocycles. The molecule has 0 N–H and O–H groups in total. The molecule has 1 aromatic rings. The molecule has 1 aliphatic rings. The minimum absolute atomic E-state index is 0.635. The molecule has 2 rings (SSSR count). The lowest BCUT2D eigenvalue weighted by molar-refractivity contribution is 0.0787. The molecule has 0 unspecified atom stereocenters. The largest absolute Gasteiger partial charge is 0.492 e. The Morgan fingerprint density at radius 1 is 1.37 bits per heavy atom. The van der Waals surface area contributed by atoms with Gasteiger partial charge in [0, 0.05) is 13.2 Å². The van der Waals surface area contributed by atoms with Gasteiger partial charge in [-0.3, -0.25) is 4.98 Å². The fourth-order valence-corrected chi connectivity index (χ4v) is 2.05. The summed E-state index contributed by atoms with van der Waals surface area (Å²) in [5.41, 5.74) is 0.995. The van der Waals surface area contributed by atoms with E-state index < -0.39 is 0 Å². The van der Waals surface area contributed by atoms with Crippen molar-refractivity contribution >= 4 is 6.08 Å². The van der Waals surface area contributed by atoms with Gasteiger partial charge in [-0.1, -0.05) is 19.4 Å². The maximum absolute atomic E-state index is 5.59. The maximum atomic E-state index is 5.59. The van der Waals surface area contributed by atoms with Crippen LogP contribution in [0.15, 0.2) is 24.4 Å². The first-order valence-corrected chi connectivity index (χ1v) is 7.23. The average Bonchev–Trinajstić information content (AvgIpc) is 2.48. The highest BCUT2D eigenvalue weighted by molar-refractivity contribution is 5.45. The van der Waals surface area contributed by atoms with Crippen LogP contribution in [0.2, 0.25) is 0 Å². The summed E-state index contributed by atoms with van der Waals surface area (Å²) >= 11 is 0. The van der Waals surface area contributed by atoms with E-state index in [1.54, 1.807) is 6.20 Å². The van der Waals surface area contributed by atoms with Crippen LogP contribution in [0.4, 0.5) is 0 Å². The number of pyridine rings is 1. The van der Waals surface area contributed by atoms with Crippen molar-refractivity contribution in [3.8, 4) is 5.75 Å². The number of nitrogens with zero attached hydrogens (tertiary/aromatic N) is 1. The summed E-state index contributed by atoms with van der Waals surface area (Å²) in [6.45, 7) is 4.69. The SMILES string of the molecule is CCCCOc1ccc(/C=C\C2CCOCC2)nc1. The van der Waals surface area contributed by atoms with Gasteiger partial charge in [0.05, 0.1) is 18.5 Å². The molecular weight excluding hydrogens is 238 g/mol. The highest BCUT2D eigenvalue weighted by atomic mass is 16.5. The first-order chi connectivity index (χ1) is 9.38. The molecule has 0 bridgehead atoms. The zero-order chi connectivity index (χ0) is 13.3. The predicted molar refractivity (Wildman–Crippen MR) is 77.2 cm³/mol. The molecule has 0 spiro atoms. The van der Waals surface area contributed by atoms with Crippen molar-refractivity contribution in [3.05, 3.63) is 30.1 Å². The minimum Gasteiger partial charge on any atom is -0.492 e. The standard InChI is InChI=1S/C16H23NO2/c1-2-3-10-19-16-7-6-15(17-13-16)5-4-14-8-11-18-12-9-14/h4-7,13-14H,2-3,8-12H2,1H3/b5-4-. The van der Waals surface area contributed by atoms with Crippen LogP contribution in [-0.2, 0) is 4.74 Å². The van der Waals surface area contributed by atoms with Crippen LogP contribution in [0.3, 0.4) is 0 Å². The number of aromatic nitrogens is 1. The molecule has 1 fully saturated rings. The number of ether oxygens (including phenoxy) is 2. The van der Waals surface area contributed by atoms with E-state index >= 15 is 0 Å². The Bertz CT molecular complexity index is 380. The lowest BCUT2D eigenvalue weighted by atomic mass is 9.99. The zero-order valence-electron chi connectivity index (χ0n) is 11.7. The Hall–Kier alpha value is -1.35. The van der Waals surface area contributed by atoms with E-state index in [1.165, 1.54) is 0 Å². The Labute approximate surface area is 115 Å². The van der Waals surface area contributed by atoms with Crippen molar-refractivity contribution in [1.82, 2.24) is 4.98 Å². The van der Waals surface area contributed by atoms with Crippen molar-refractivity contribution in [3.63, 3.8) is 0 Å². The predicted octanol–water partition coefficient (Wildman–Crippen LogP) is 3.70. The molecule has 0 amide bonds. The third-order valence-corrected chi connectivity index (χ3v) is 3.33. The third-order valence-electron chi connectivity index (χ3n) is 3.33. The number of allylic oxidation sites excluding steroid dienone is 1. The monoisotopic (exact) mass is 261 g/mol. The summed E-state index contributed by atoms with van der Waals surface area (Å²) in [6.07, 6.45) is 10.6. The summed E-state index contributed by atoms with van der Waals surface area (Å²) in [4.78, 5) is 4.40. The van der Waals surface area contributed by atoms with Crippen molar-refractivity contribution in [2.75, 3.05) is 19.8 Å². The molecule has 19 heavy (non-hydrogen) atoms. The van der Waals surface area contributed by atoms with Gasteiger partial charge >= 0.3 is 0 Å². The molecule has 3 heteroatoms. The molecule has 2 heterocycles. The second-order valence-corrected chi connectivity index (χ2v) is 4.93. The summed E-state index contributed by atoms with van der Waals surface area (Å²) in [5.74, 6) is 1.49. The first-order valence-electron chi connectivity index (χ1n) is 7.23. The Morgan fingerprint density at radius 2 is 2.21 bits per heavy atom. The highest BCUT2D eigenvalue weighted by Gasteiger charge is 2.09. The van der Waals surface area contributed by atoms with Gasteiger partial charge in [0.1, 0.15) is 5.75 Å². The van der Waals surface area contributed by atoms with Crippen LogP contribution in [0, 0.1) is 5.92 Å². The lowest BCUT2D eigenvalue weighted by Gasteiger charge is -2.18. The lowest BCUT2D eigenvalue weighted by Crippen LogP contribution is -2.13. The molecule has 0 aliphatic carbocycles. The minimum atomic E-state index is 0.635. The van der Waals surface area contributed by atoms with E-state index in [1.807, 2.05) is 12.1 Å². The van der Waals surface area contributed by atoms with E-state index in [0.717, 1.165) is 56.9 Å². The van der Waals surface area contributed by atoms with Gasteiger partial charge in [-0.2, -0.15) is 0 Å². The molecule has 0 saturated carbocycles. The number of hydrogen-bond acceptors (Lipinski definition) is 3. The summed E-state index contributed by atoms with van der Waals surface area (Å²) in [6, 6.07) is 4.00. The van der Waals surface area contributed by atoms with Gasteiger partial charge in [-0.15, -0.1) is 0 Å². The summed E-state index contributed by atoms with van der Waals surface area (Å²) in [5, 5.41) is 0. The normalized spacial score (nSPS) is 16.9. The van der Waals surface area contributed by atoms with Crippen molar-refractivity contribution in [2.45, 2.75) is 32.6 Å². The highest BCUT2D eigenvalue weighted by Crippen LogP contribution is 2.17. The molecular formula is C16H23NO2. The fourth-order valence-electron chi connectivity index (χ4n) is 2.05. The smallest absolute Gasteiger partial charge is 0.137 e. The quantitative estimate of drug-likeness (QED) is 0.732. The van der Waals surface area contributed by atoms with Gasteiger partial charge in [0.25, 0.3) is 0 Å². The Kier molecular flexibility index (Phi) is 5.89. The molecule has 0 atom stereocenters. The molecule has 1 saturated heterocycles. The average molecular weight is 261 g/mol. The van der Waals surface area contributed by atoms with Crippen molar-refractivity contribution in [1.29, 1.82) is 0 Å². The van der Waals surface area contributed by atoms with Gasteiger partial charge in [-0.25, -0.2) is 0 Å².